The molecule has 0 radical (unpaired) electrons. The van der Waals surface area contributed by atoms with Crippen LogP contribution in [0.1, 0.15) is 11.4 Å². The molecule has 0 aliphatic rings. The third-order valence-electron chi connectivity index (χ3n) is 2.95. The molecular weight excluding hydrogens is 224 g/mol. The standard InChI is InChI=1S/C14H16N4/c1-18-7-6-11(10-18)8-15-9-14-16-12-4-2-3-5-13(12)17-14/h2-7,10,15H,8-9H2,1H3,(H,16,17). The quantitative estimate of drug-likeness (QED) is 0.734. The Bertz CT molecular complexity index is 617. The molecule has 3 rings (SSSR count). The average Bonchev–Trinajstić information content (AvgIpc) is 2.95. The van der Waals surface area contributed by atoms with Crippen molar-refractivity contribution in [1.29, 1.82) is 0 Å². The third-order valence-corrected chi connectivity index (χ3v) is 2.95. The highest BCUT2D eigenvalue weighted by Gasteiger charge is 2.01. The first-order chi connectivity index (χ1) is 8.81. The van der Waals surface area contributed by atoms with E-state index in [9.17, 15) is 0 Å². The highest BCUT2D eigenvalue weighted by Crippen LogP contribution is 2.10. The van der Waals surface area contributed by atoms with Crippen molar-refractivity contribution in [3.63, 3.8) is 0 Å². The number of fused-ring (bicyclic) bond motifs is 1. The molecule has 92 valence electrons. The second kappa shape index (κ2) is 4.66. The van der Waals surface area contributed by atoms with Gasteiger partial charge < -0.3 is 14.9 Å². The predicted octanol–water partition coefficient (Wildman–Crippen LogP) is 2.19. The number of aromatic amines is 1. The largest absolute Gasteiger partial charge is 0.357 e. The number of nitrogens with one attached hydrogen (secondary N) is 2. The predicted molar refractivity (Wildman–Crippen MR) is 72.1 cm³/mol. The molecule has 2 N–H and O–H groups in total. The average molecular weight is 240 g/mol. The molecule has 0 bridgehead atoms. The lowest BCUT2D eigenvalue weighted by atomic mass is 10.3. The van der Waals surface area contributed by atoms with Gasteiger partial charge in [0, 0.05) is 26.0 Å². The fourth-order valence-electron chi connectivity index (χ4n) is 2.08. The van der Waals surface area contributed by atoms with Crippen molar-refractivity contribution in [1.82, 2.24) is 19.9 Å². The minimum absolute atomic E-state index is 0.754. The van der Waals surface area contributed by atoms with Gasteiger partial charge in [0.1, 0.15) is 5.82 Å². The summed E-state index contributed by atoms with van der Waals surface area (Å²) < 4.78 is 2.05. The van der Waals surface area contributed by atoms with Crippen LogP contribution >= 0.6 is 0 Å². The summed E-state index contributed by atoms with van der Waals surface area (Å²) in [5.74, 6) is 0.979. The van der Waals surface area contributed by atoms with Crippen LogP contribution in [0.15, 0.2) is 42.7 Å². The van der Waals surface area contributed by atoms with E-state index in [2.05, 4.69) is 38.3 Å². The maximum absolute atomic E-state index is 4.53. The van der Waals surface area contributed by atoms with E-state index in [1.807, 2.05) is 31.3 Å². The zero-order valence-corrected chi connectivity index (χ0v) is 10.4. The Hall–Kier alpha value is -2.07. The van der Waals surface area contributed by atoms with E-state index in [4.69, 9.17) is 0 Å². The number of para-hydroxylation sites is 2. The Labute approximate surface area is 106 Å². The van der Waals surface area contributed by atoms with Crippen LogP contribution in [0.2, 0.25) is 0 Å². The SMILES string of the molecule is Cn1ccc(CNCc2nc3ccccc3[nH]2)c1. The highest BCUT2D eigenvalue weighted by atomic mass is 15.0. The van der Waals surface area contributed by atoms with Gasteiger partial charge in [-0.15, -0.1) is 0 Å². The number of hydrogen-bond donors (Lipinski definition) is 2. The molecule has 2 heterocycles. The van der Waals surface area contributed by atoms with E-state index in [-0.39, 0.29) is 0 Å². The first kappa shape index (κ1) is 11.0. The summed E-state index contributed by atoms with van der Waals surface area (Å²) in [7, 11) is 2.03. The van der Waals surface area contributed by atoms with Gasteiger partial charge in [-0.3, -0.25) is 0 Å². The zero-order valence-electron chi connectivity index (χ0n) is 10.4. The van der Waals surface area contributed by atoms with Gasteiger partial charge in [-0.1, -0.05) is 12.1 Å². The molecule has 0 unspecified atom stereocenters. The molecule has 0 amide bonds. The summed E-state index contributed by atoms with van der Waals surface area (Å²) in [6.45, 7) is 1.61. The fourth-order valence-corrected chi connectivity index (χ4v) is 2.08. The molecule has 0 atom stereocenters. The van der Waals surface area contributed by atoms with Crippen molar-refractivity contribution in [2.45, 2.75) is 13.1 Å². The molecular formula is C14H16N4. The number of aromatic nitrogens is 3. The van der Waals surface area contributed by atoms with E-state index < -0.39 is 0 Å². The summed E-state index contributed by atoms with van der Waals surface area (Å²) >= 11 is 0. The van der Waals surface area contributed by atoms with Crippen LogP contribution in [-0.2, 0) is 20.1 Å². The van der Waals surface area contributed by atoms with Crippen LogP contribution in [0.5, 0.6) is 0 Å². The minimum atomic E-state index is 0.754. The number of aryl methyl sites for hydroxylation is 1. The van der Waals surface area contributed by atoms with Crippen LogP contribution in [0.4, 0.5) is 0 Å². The Kier molecular flexibility index (Phi) is 2.86. The summed E-state index contributed by atoms with van der Waals surface area (Å²) in [6, 6.07) is 10.2. The number of benzene rings is 1. The Morgan fingerprint density at radius 3 is 2.89 bits per heavy atom. The van der Waals surface area contributed by atoms with E-state index >= 15 is 0 Å². The van der Waals surface area contributed by atoms with E-state index in [1.54, 1.807) is 0 Å². The second-order valence-corrected chi connectivity index (χ2v) is 4.49. The van der Waals surface area contributed by atoms with E-state index in [0.29, 0.717) is 0 Å². The number of imidazole rings is 1. The topological polar surface area (TPSA) is 45.6 Å². The fraction of sp³-hybridized carbons (Fsp3) is 0.214. The number of hydrogen-bond acceptors (Lipinski definition) is 2. The zero-order chi connectivity index (χ0) is 12.4. The first-order valence-corrected chi connectivity index (χ1v) is 6.06. The van der Waals surface area contributed by atoms with Crippen molar-refractivity contribution in [3.8, 4) is 0 Å². The van der Waals surface area contributed by atoms with Crippen molar-refractivity contribution in [2.24, 2.45) is 7.05 Å². The van der Waals surface area contributed by atoms with Gasteiger partial charge in [0.15, 0.2) is 0 Å². The van der Waals surface area contributed by atoms with Gasteiger partial charge in [-0.2, -0.15) is 0 Å². The molecule has 0 aliphatic heterocycles. The minimum Gasteiger partial charge on any atom is -0.357 e. The van der Waals surface area contributed by atoms with Gasteiger partial charge in [0.05, 0.1) is 17.6 Å². The molecule has 2 aromatic heterocycles. The maximum atomic E-state index is 4.53. The number of H-pyrrole nitrogens is 1. The summed E-state index contributed by atoms with van der Waals surface area (Å²) in [5, 5.41) is 3.39. The van der Waals surface area contributed by atoms with Crippen molar-refractivity contribution in [2.75, 3.05) is 0 Å². The summed E-state index contributed by atoms with van der Waals surface area (Å²) in [5.41, 5.74) is 3.40. The second-order valence-electron chi connectivity index (χ2n) is 4.49. The van der Waals surface area contributed by atoms with E-state index in [1.165, 1.54) is 5.56 Å². The van der Waals surface area contributed by atoms with Crippen LogP contribution in [0.25, 0.3) is 11.0 Å². The Balaban J connectivity index is 1.62. The van der Waals surface area contributed by atoms with Crippen LogP contribution < -0.4 is 5.32 Å². The van der Waals surface area contributed by atoms with Gasteiger partial charge in [-0.25, -0.2) is 4.98 Å². The van der Waals surface area contributed by atoms with Crippen molar-refractivity contribution < 1.29 is 0 Å². The summed E-state index contributed by atoms with van der Waals surface area (Å²) in [4.78, 5) is 7.83. The summed E-state index contributed by atoms with van der Waals surface area (Å²) in [6.07, 6.45) is 4.17. The third kappa shape index (κ3) is 2.28. The van der Waals surface area contributed by atoms with Crippen LogP contribution in [-0.4, -0.2) is 14.5 Å². The van der Waals surface area contributed by atoms with Crippen molar-refractivity contribution >= 4 is 11.0 Å². The first-order valence-electron chi connectivity index (χ1n) is 6.06. The molecule has 3 aromatic rings. The van der Waals surface area contributed by atoms with Crippen molar-refractivity contribution in [3.05, 3.63) is 54.1 Å². The molecule has 1 aromatic carbocycles. The lowest BCUT2D eigenvalue weighted by Gasteiger charge is -1.99. The van der Waals surface area contributed by atoms with Gasteiger partial charge in [0.2, 0.25) is 0 Å². The monoisotopic (exact) mass is 240 g/mol. The lowest BCUT2D eigenvalue weighted by Crippen LogP contribution is -2.13. The lowest BCUT2D eigenvalue weighted by molar-refractivity contribution is 0.669. The highest BCUT2D eigenvalue weighted by molar-refractivity contribution is 5.74. The molecule has 0 fully saturated rings. The smallest absolute Gasteiger partial charge is 0.121 e. The molecule has 0 spiro atoms. The number of rotatable bonds is 4. The Morgan fingerprint density at radius 1 is 1.22 bits per heavy atom. The van der Waals surface area contributed by atoms with Gasteiger partial charge in [0.25, 0.3) is 0 Å². The molecule has 0 saturated carbocycles. The van der Waals surface area contributed by atoms with Gasteiger partial charge in [-0.05, 0) is 23.8 Å². The maximum Gasteiger partial charge on any atom is 0.121 e. The number of nitrogens with zero attached hydrogens (tertiary/aromatic N) is 2. The molecule has 18 heavy (non-hydrogen) atoms. The normalized spacial score (nSPS) is 11.2. The molecule has 0 aliphatic carbocycles. The molecule has 4 nitrogen and oxygen atoms in total. The Morgan fingerprint density at radius 2 is 2.11 bits per heavy atom. The molecule has 0 saturated heterocycles. The molecule has 4 heteroatoms. The van der Waals surface area contributed by atoms with Gasteiger partial charge >= 0.3 is 0 Å². The van der Waals surface area contributed by atoms with Crippen LogP contribution in [0, 0.1) is 0 Å². The van der Waals surface area contributed by atoms with E-state index in [0.717, 1.165) is 29.9 Å². The van der Waals surface area contributed by atoms with Crippen LogP contribution in [0.3, 0.4) is 0 Å².